The van der Waals surface area contributed by atoms with Crippen molar-refractivity contribution in [3.8, 4) is 0 Å². The van der Waals surface area contributed by atoms with Gasteiger partial charge in [-0.25, -0.2) is 20.4 Å². The molecule has 154 valence electrons. The molecule has 0 atom stereocenters. The molecule has 0 aliphatic carbocycles. The average Bonchev–Trinajstić information content (AvgIpc) is 2.63. The van der Waals surface area contributed by atoms with Gasteiger partial charge < -0.3 is 0 Å². The summed E-state index contributed by atoms with van der Waals surface area (Å²) in [5.41, 5.74) is 0. The highest BCUT2D eigenvalue weighted by Crippen LogP contribution is 2.14. The van der Waals surface area contributed by atoms with E-state index in [2.05, 4.69) is 13.8 Å². The first-order valence-corrected chi connectivity index (χ1v) is 10.8. The summed E-state index contributed by atoms with van der Waals surface area (Å²) in [6, 6.07) is 0. The molecule has 0 unspecified atom stereocenters. The Morgan fingerprint density at radius 1 is 0.423 bits per heavy atom. The van der Waals surface area contributed by atoms with Crippen LogP contribution in [0.5, 0.6) is 0 Å². The van der Waals surface area contributed by atoms with E-state index < -0.39 is 0 Å². The molecule has 2 N–H and O–H groups in total. The van der Waals surface area contributed by atoms with Gasteiger partial charge in [-0.15, -0.1) is 0 Å². The van der Waals surface area contributed by atoms with Crippen LogP contribution in [0.2, 0.25) is 0 Å². The lowest BCUT2D eigenvalue weighted by atomic mass is 10.0. The minimum atomic E-state index is 0.750. The van der Waals surface area contributed by atoms with Gasteiger partial charge in [0.15, 0.2) is 0 Å². The summed E-state index contributed by atoms with van der Waals surface area (Å²) < 4.78 is 0. The van der Waals surface area contributed by atoms with Crippen molar-refractivity contribution >= 4 is 12.2 Å². The van der Waals surface area contributed by atoms with E-state index in [4.69, 9.17) is 20.4 Å². The predicted octanol–water partition coefficient (Wildman–Crippen LogP) is 7.85. The van der Waals surface area contributed by atoms with Gasteiger partial charge in [-0.1, -0.05) is 129 Å². The number of isocyanates is 2. The van der Waals surface area contributed by atoms with Crippen molar-refractivity contribution in [3.05, 3.63) is 0 Å². The number of nitrogens with one attached hydrogen (secondary N) is 2. The summed E-state index contributed by atoms with van der Waals surface area (Å²) in [5, 5.41) is 10.8. The molecule has 26 heavy (non-hydrogen) atoms. The number of unbranched alkanes of at least 4 members (excludes halogenated alkanes) is 17. The molecule has 0 fully saturated rings. The largest absolute Gasteiger partial charge is 0.231 e. The lowest BCUT2D eigenvalue weighted by molar-refractivity contribution is 0.526. The Balaban J connectivity index is -0.000000768. The fourth-order valence-electron chi connectivity index (χ4n) is 2.97. The van der Waals surface area contributed by atoms with Gasteiger partial charge in [-0.05, 0) is 0 Å². The smallest absolute Gasteiger partial charge is 0.222 e. The summed E-state index contributed by atoms with van der Waals surface area (Å²) >= 11 is 0. The Kier molecular flexibility index (Phi) is 39.7. The highest BCUT2D eigenvalue weighted by Gasteiger charge is 1.94. The summed E-state index contributed by atoms with van der Waals surface area (Å²) in [5.74, 6) is 0. The van der Waals surface area contributed by atoms with Crippen molar-refractivity contribution in [2.45, 2.75) is 129 Å². The third kappa shape index (κ3) is 43.4. The van der Waals surface area contributed by atoms with Gasteiger partial charge in [0.1, 0.15) is 0 Å². The van der Waals surface area contributed by atoms with Gasteiger partial charge in [0.05, 0.1) is 0 Å². The molecule has 4 heteroatoms. The van der Waals surface area contributed by atoms with Crippen LogP contribution >= 0.6 is 0 Å². The molecule has 4 nitrogen and oxygen atoms in total. The zero-order valence-electron chi connectivity index (χ0n) is 17.5. The van der Waals surface area contributed by atoms with Crippen LogP contribution in [0.1, 0.15) is 129 Å². The van der Waals surface area contributed by atoms with Crippen LogP contribution in [0, 0.1) is 10.8 Å². The molecule has 0 heterocycles. The van der Waals surface area contributed by atoms with E-state index in [-0.39, 0.29) is 0 Å². The van der Waals surface area contributed by atoms with Gasteiger partial charge >= 0.3 is 0 Å². The Bertz CT molecular complexity index is 265. The molecule has 0 spiro atoms. The SMILES string of the molecule is CCCCCCCCCCCCCCCCCCCC.N=C=O.N=C=O. The highest BCUT2D eigenvalue weighted by atomic mass is 16.1. The topological polar surface area (TPSA) is 81.8 Å². The highest BCUT2D eigenvalue weighted by molar-refractivity contribution is 5.26. The maximum atomic E-state index is 8.35. The Morgan fingerprint density at radius 2 is 0.538 bits per heavy atom. The van der Waals surface area contributed by atoms with E-state index in [1.54, 1.807) is 0 Å². The molecule has 0 aromatic carbocycles. The quantitative estimate of drug-likeness (QED) is 0.156. The van der Waals surface area contributed by atoms with Crippen LogP contribution < -0.4 is 0 Å². The summed E-state index contributed by atoms with van der Waals surface area (Å²) in [4.78, 5) is 16.7. The predicted molar refractivity (Wildman–Crippen MR) is 111 cm³/mol. The van der Waals surface area contributed by atoms with Gasteiger partial charge in [-0.2, -0.15) is 0 Å². The third-order valence-electron chi connectivity index (χ3n) is 4.46. The fraction of sp³-hybridized carbons (Fsp3) is 0.909. The van der Waals surface area contributed by atoms with E-state index in [1.165, 1.54) is 116 Å². The minimum Gasteiger partial charge on any atom is -0.222 e. The zero-order chi connectivity index (χ0) is 20.1. The van der Waals surface area contributed by atoms with Gasteiger partial charge in [-0.3, -0.25) is 0 Å². The lowest BCUT2D eigenvalue weighted by Gasteiger charge is -2.03. The lowest BCUT2D eigenvalue weighted by Crippen LogP contribution is -1.83. The van der Waals surface area contributed by atoms with Crippen molar-refractivity contribution in [2.75, 3.05) is 0 Å². The van der Waals surface area contributed by atoms with Crippen LogP contribution in [-0.2, 0) is 9.59 Å². The molecular formula is C22H44N2O2. The van der Waals surface area contributed by atoms with Crippen molar-refractivity contribution in [2.24, 2.45) is 0 Å². The van der Waals surface area contributed by atoms with E-state index >= 15 is 0 Å². The molecule has 0 amide bonds. The normalized spacial score (nSPS) is 9.15. The molecule has 0 aromatic heterocycles. The zero-order valence-corrected chi connectivity index (χ0v) is 17.5. The Labute approximate surface area is 162 Å². The van der Waals surface area contributed by atoms with Gasteiger partial charge in [0, 0.05) is 0 Å². The molecule has 0 radical (unpaired) electrons. The number of rotatable bonds is 17. The minimum absolute atomic E-state index is 0.750. The molecule has 0 saturated carbocycles. The van der Waals surface area contributed by atoms with E-state index in [9.17, 15) is 0 Å². The van der Waals surface area contributed by atoms with Crippen molar-refractivity contribution < 1.29 is 9.59 Å². The van der Waals surface area contributed by atoms with Gasteiger partial charge in [0.25, 0.3) is 0 Å². The summed E-state index contributed by atoms with van der Waals surface area (Å²) in [6.07, 6.45) is 27.9. The van der Waals surface area contributed by atoms with Gasteiger partial charge in [0.2, 0.25) is 12.2 Å². The number of hydrogen-bond acceptors (Lipinski definition) is 4. The monoisotopic (exact) mass is 368 g/mol. The number of carbonyl (C=O) groups excluding carboxylic acids is 2. The Morgan fingerprint density at radius 3 is 0.654 bits per heavy atom. The molecule has 0 aliphatic heterocycles. The maximum absolute atomic E-state index is 8.35. The first kappa shape index (κ1) is 29.5. The van der Waals surface area contributed by atoms with E-state index in [1.807, 2.05) is 0 Å². The molecular weight excluding hydrogens is 324 g/mol. The molecule has 0 rings (SSSR count). The van der Waals surface area contributed by atoms with E-state index in [0.29, 0.717) is 0 Å². The second-order valence-corrected chi connectivity index (χ2v) is 6.86. The molecule has 0 saturated heterocycles. The van der Waals surface area contributed by atoms with Crippen molar-refractivity contribution in [1.29, 1.82) is 10.8 Å². The standard InChI is InChI=1S/C20H42.2CHNO/c1-3-5-7-9-11-13-15-17-19-20-18-16-14-12-10-8-6-4-2;2*2-1-3/h3-20H2,1-2H3;2*2H. The van der Waals surface area contributed by atoms with Crippen LogP contribution in [0.25, 0.3) is 0 Å². The molecule has 0 bridgehead atoms. The first-order valence-electron chi connectivity index (χ1n) is 10.8. The number of hydrogen-bond donors (Lipinski definition) is 2. The van der Waals surface area contributed by atoms with Crippen LogP contribution in [0.4, 0.5) is 0 Å². The maximum Gasteiger partial charge on any atom is 0.231 e. The average molecular weight is 369 g/mol. The molecule has 0 aliphatic rings. The molecule has 0 aromatic rings. The van der Waals surface area contributed by atoms with Crippen LogP contribution in [-0.4, -0.2) is 12.2 Å². The van der Waals surface area contributed by atoms with Crippen molar-refractivity contribution in [3.63, 3.8) is 0 Å². The first-order chi connectivity index (χ1) is 12.7. The van der Waals surface area contributed by atoms with Crippen LogP contribution in [0.3, 0.4) is 0 Å². The van der Waals surface area contributed by atoms with Crippen molar-refractivity contribution in [1.82, 2.24) is 0 Å². The summed E-state index contributed by atoms with van der Waals surface area (Å²) in [7, 11) is 0. The van der Waals surface area contributed by atoms with E-state index in [0.717, 1.165) is 12.2 Å². The van der Waals surface area contributed by atoms with Crippen LogP contribution in [0.15, 0.2) is 0 Å². The fourth-order valence-corrected chi connectivity index (χ4v) is 2.97. The second-order valence-electron chi connectivity index (χ2n) is 6.86. The Hall–Kier alpha value is -1.24. The second kappa shape index (κ2) is 35.0. The third-order valence-corrected chi connectivity index (χ3v) is 4.46. The summed E-state index contributed by atoms with van der Waals surface area (Å²) in [6.45, 7) is 4.59.